The molecule has 0 radical (unpaired) electrons. The third-order valence-electron chi connectivity index (χ3n) is 2.44. The summed E-state index contributed by atoms with van der Waals surface area (Å²) in [7, 11) is 0. The Bertz CT molecular complexity index is 649. The second kappa shape index (κ2) is 7.49. The Morgan fingerprint density at radius 3 is 2.36 bits per heavy atom. The van der Waals surface area contributed by atoms with Gasteiger partial charge in [-0.15, -0.1) is 0 Å². The molecule has 0 saturated heterocycles. The van der Waals surface area contributed by atoms with Crippen molar-refractivity contribution in [1.29, 1.82) is 5.26 Å². The molecule has 0 bridgehead atoms. The van der Waals surface area contributed by atoms with Crippen LogP contribution in [0, 0.1) is 11.5 Å². The number of halogens is 2. The van der Waals surface area contributed by atoms with Crippen molar-refractivity contribution in [1.82, 2.24) is 4.90 Å². The Morgan fingerprint density at radius 2 is 1.95 bits per heavy atom. The Kier molecular flexibility index (Phi) is 5.98. The van der Waals surface area contributed by atoms with Crippen molar-refractivity contribution in [2.75, 3.05) is 11.6 Å². The highest BCUT2D eigenvalue weighted by Gasteiger charge is 2.17. The molecule has 1 rings (SSSR count). The molecule has 0 fully saturated rings. The zero-order chi connectivity index (χ0) is 16.9. The summed E-state index contributed by atoms with van der Waals surface area (Å²) in [4.78, 5) is 22.9. The van der Waals surface area contributed by atoms with E-state index in [1.165, 1.54) is 19.1 Å². The van der Waals surface area contributed by atoms with Gasteiger partial charge < -0.3 is 10.2 Å². The molecule has 0 saturated carbocycles. The van der Waals surface area contributed by atoms with E-state index in [4.69, 9.17) is 33.6 Å². The third kappa shape index (κ3) is 4.00. The summed E-state index contributed by atoms with van der Waals surface area (Å²) in [5.41, 5.74) is 0.0951. The molecule has 1 aromatic rings. The van der Waals surface area contributed by atoms with Gasteiger partial charge in [0.2, 0.25) is 6.19 Å². The van der Waals surface area contributed by atoms with Gasteiger partial charge in [-0.1, -0.05) is 23.2 Å². The van der Waals surface area contributed by atoms with Gasteiger partial charge in [-0.25, -0.2) is 9.69 Å². The lowest BCUT2D eigenvalue weighted by molar-refractivity contribution is -0.121. The molecule has 2 amide bonds. The first-order chi connectivity index (χ1) is 10.3. The number of benzene rings is 1. The summed E-state index contributed by atoms with van der Waals surface area (Å²) in [5, 5.41) is 31.3. The van der Waals surface area contributed by atoms with Gasteiger partial charge in [0.15, 0.2) is 5.75 Å². The van der Waals surface area contributed by atoms with Gasteiger partial charge in [0.25, 0.3) is 5.91 Å². The van der Waals surface area contributed by atoms with Crippen molar-refractivity contribution in [2.45, 2.75) is 6.92 Å². The molecule has 22 heavy (non-hydrogen) atoms. The van der Waals surface area contributed by atoms with Crippen LogP contribution in [-0.2, 0) is 4.79 Å². The van der Waals surface area contributed by atoms with Gasteiger partial charge in [0.05, 0.1) is 15.7 Å². The maximum Gasteiger partial charge on any atom is 0.414 e. The number of anilines is 1. The van der Waals surface area contributed by atoms with Gasteiger partial charge in [-0.3, -0.25) is 4.79 Å². The number of carboxylic acid groups (broad SMARTS) is 1. The predicted molar refractivity (Wildman–Crippen MR) is 80.1 cm³/mol. The number of phenolic OH excluding ortho intramolecular Hbond substituents is 1. The molecule has 0 aromatic heterocycles. The molecule has 0 aliphatic rings. The zero-order valence-corrected chi connectivity index (χ0v) is 12.7. The van der Waals surface area contributed by atoms with E-state index >= 15 is 0 Å². The van der Waals surface area contributed by atoms with E-state index in [2.05, 4.69) is 5.10 Å². The number of imide groups is 1. The van der Waals surface area contributed by atoms with Crippen LogP contribution in [0.5, 0.6) is 5.75 Å². The minimum Gasteiger partial charge on any atom is -0.505 e. The molecule has 0 atom stereocenters. The number of nitriles is 1. The van der Waals surface area contributed by atoms with Crippen LogP contribution in [0.2, 0.25) is 10.0 Å². The van der Waals surface area contributed by atoms with Gasteiger partial charge in [-0.05, 0) is 19.1 Å². The van der Waals surface area contributed by atoms with Crippen molar-refractivity contribution < 1.29 is 19.8 Å². The largest absolute Gasteiger partial charge is 0.505 e. The molecule has 10 heteroatoms. The Balaban J connectivity index is 3.04. The van der Waals surface area contributed by atoms with Crippen LogP contribution in [-0.4, -0.2) is 39.9 Å². The maximum atomic E-state index is 11.6. The molecule has 2 N–H and O–H groups in total. The summed E-state index contributed by atoms with van der Waals surface area (Å²) in [6.07, 6.45) is 0.896. The van der Waals surface area contributed by atoms with Gasteiger partial charge in [0, 0.05) is 6.54 Å². The van der Waals surface area contributed by atoms with E-state index in [9.17, 15) is 14.7 Å². The quantitative estimate of drug-likeness (QED) is 0.375. The SMILES string of the molecule is CCN(C(=O)O)C(=O)/C=N\N(C#N)c1cc(Cl)c(O)c(Cl)c1. The first kappa shape index (κ1) is 17.6. The monoisotopic (exact) mass is 344 g/mol. The summed E-state index contributed by atoms with van der Waals surface area (Å²) < 4.78 is 0. The van der Waals surface area contributed by atoms with E-state index < -0.39 is 12.0 Å². The molecule has 116 valence electrons. The number of carbonyl (C=O) groups is 2. The highest BCUT2D eigenvalue weighted by atomic mass is 35.5. The number of phenols is 1. The van der Waals surface area contributed by atoms with Crippen molar-refractivity contribution in [2.24, 2.45) is 5.10 Å². The summed E-state index contributed by atoms with van der Waals surface area (Å²) in [6.45, 7) is 1.41. The lowest BCUT2D eigenvalue weighted by Gasteiger charge is -2.13. The summed E-state index contributed by atoms with van der Waals surface area (Å²) >= 11 is 11.4. The van der Waals surface area contributed by atoms with Crippen LogP contribution in [0.15, 0.2) is 17.2 Å². The number of amides is 2. The van der Waals surface area contributed by atoms with E-state index in [1.54, 1.807) is 6.19 Å². The second-order valence-electron chi connectivity index (χ2n) is 3.78. The minimum atomic E-state index is -1.43. The minimum absolute atomic E-state index is 0.0659. The zero-order valence-electron chi connectivity index (χ0n) is 11.2. The number of hydrazone groups is 1. The Morgan fingerprint density at radius 1 is 1.41 bits per heavy atom. The van der Waals surface area contributed by atoms with Crippen LogP contribution >= 0.6 is 23.2 Å². The van der Waals surface area contributed by atoms with Crippen LogP contribution < -0.4 is 5.01 Å². The lowest BCUT2D eigenvalue weighted by atomic mass is 10.3. The fraction of sp³-hybridized carbons (Fsp3) is 0.167. The van der Waals surface area contributed by atoms with Crippen LogP contribution in [0.1, 0.15) is 6.92 Å². The van der Waals surface area contributed by atoms with Gasteiger partial charge in [-0.2, -0.15) is 15.4 Å². The maximum absolute atomic E-state index is 11.6. The first-order valence-electron chi connectivity index (χ1n) is 5.78. The van der Waals surface area contributed by atoms with Crippen molar-refractivity contribution in [3.8, 4) is 11.9 Å². The fourth-order valence-electron chi connectivity index (χ4n) is 1.39. The first-order valence-corrected chi connectivity index (χ1v) is 6.53. The number of hydrogen-bond acceptors (Lipinski definition) is 6. The normalized spacial score (nSPS) is 10.3. The topological polar surface area (TPSA) is 117 Å². The number of hydrogen-bond donors (Lipinski definition) is 2. The highest BCUT2D eigenvalue weighted by Crippen LogP contribution is 2.35. The molecule has 8 nitrogen and oxygen atoms in total. The highest BCUT2D eigenvalue weighted by molar-refractivity contribution is 6.37. The van der Waals surface area contributed by atoms with Crippen molar-refractivity contribution >= 4 is 47.1 Å². The van der Waals surface area contributed by atoms with Crippen molar-refractivity contribution in [3.63, 3.8) is 0 Å². The predicted octanol–water partition coefficient (Wildman–Crippen LogP) is 2.50. The van der Waals surface area contributed by atoms with E-state index in [0.717, 1.165) is 0 Å². The van der Waals surface area contributed by atoms with Crippen LogP contribution in [0.4, 0.5) is 10.5 Å². The standard InChI is InChI=1S/C12H10Cl2N4O4/c1-2-17(12(21)22)10(19)5-16-18(6-15)7-3-8(13)11(20)9(14)4-7/h3-5,20H,2H2,1H3,(H,21,22)/b16-5-. The molecule has 1 aromatic carbocycles. The Labute approximate surface area is 135 Å². The molecule has 0 heterocycles. The molecule has 0 spiro atoms. The third-order valence-corrected chi connectivity index (χ3v) is 3.01. The Hall–Kier alpha value is -2.50. The number of nitrogens with zero attached hydrogens (tertiary/aromatic N) is 4. The van der Waals surface area contributed by atoms with Crippen molar-refractivity contribution in [3.05, 3.63) is 22.2 Å². The van der Waals surface area contributed by atoms with E-state index in [1.807, 2.05) is 0 Å². The summed E-state index contributed by atoms with van der Waals surface area (Å²) in [5.74, 6) is -1.26. The molecule has 0 unspecified atom stereocenters. The number of rotatable bonds is 4. The molecular formula is C12H10Cl2N4O4. The summed E-state index contributed by atoms with van der Waals surface area (Å²) in [6, 6.07) is 2.42. The molecule has 0 aliphatic heterocycles. The van der Waals surface area contributed by atoms with E-state index in [-0.39, 0.29) is 28.0 Å². The van der Waals surface area contributed by atoms with Gasteiger partial charge in [0.1, 0.15) is 6.21 Å². The average Bonchev–Trinajstić information content (AvgIpc) is 2.45. The van der Waals surface area contributed by atoms with Crippen LogP contribution in [0.25, 0.3) is 0 Å². The smallest absolute Gasteiger partial charge is 0.414 e. The fourth-order valence-corrected chi connectivity index (χ4v) is 1.86. The van der Waals surface area contributed by atoms with E-state index in [0.29, 0.717) is 16.1 Å². The number of aromatic hydroxyl groups is 1. The van der Waals surface area contributed by atoms with Gasteiger partial charge >= 0.3 is 6.09 Å². The average molecular weight is 345 g/mol. The molecule has 0 aliphatic carbocycles. The van der Waals surface area contributed by atoms with Crippen LogP contribution in [0.3, 0.4) is 0 Å². The molecular weight excluding hydrogens is 335 g/mol. The lowest BCUT2D eigenvalue weighted by Crippen LogP contribution is -2.36. The second-order valence-corrected chi connectivity index (χ2v) is 4.59. The number of carbonyl (C=O) groups excluding carboxylic acids is 1.